The highest BCUT2D eigenvalue weighted by atomic mass is 19.2. The van der Waals surface area contributed by atoms with E-state index in [1.54, 1.807) is 6.07 Å². The highest BCUT2D eigenvalue weighted by Crippen LogP contribution is 2.39. The summed E-state index contributed by atoms with van der Waals surface area (Å²) in [6.07, 6.45) is 4.37. The Kier molecular flexibility index (Phi) is 4.53. The maximum atomic E-state index is 14.1. The lowest BCUT2D eigenvalue weighted by Gasteiger charge is -2.10. The largest absolute Gasteiger partial charge is 0.368 e. The number of ether oxygens (including phenoxy) is 1. The molecule has 1 nitrogen and oxygen atoms in total. The van der Waals surface area contributed by atoms with Crippen LogP contribution in [0.25, 0.3) is 11.1 Å². The molecule has 1 saturated heterocycles. The number of rotatable bonds is 6. The number of epoxide rings is 1. The van der Waals surface area contributed by atoms with E-state index in [1.165, 1.54) is 30.9 Å². The molecule has 0 saturated carbocycles. The van der Waals surface area contributed by atoms with Gasteiger partial charge in [0.2, 0.25) is 0 Å². The average molecular weight is 302 g/mol. The predicted molar refractivity (Wildman–Crippen MR) is 83.7 cm³/mol. The van der Waals surface area contributed by atoms with Crippen LogP contribution in [0.3, 0.4) is 0 Å². The van der Waals surface area contributed by atoms with Crippen molar-refractivity contribution in [2.24, 2.45) is 0 Å². The first kappa shape index (κ1) is 15.2. The van der Waals surface area contributed by atoms with E-state index < -0.39 is 11.6 Å². The van der Waals surface area contributed by atoms with Crippen LogP contribution in [0.4, 0.5) is 8.78 Å². The molecule has 2 aromatic rings. The molecule has 3 heteroatoms. The van der Waals surface area contributed by atoms with Crippen LogP contribution in [-0.4, -0.2) is 6.61 Å². The van der Waals surface area contributed by atoms with Crippen molar-refractivity contribution in [3.05, 3.63) is 59.2 Å². The van der Waals surface area contributed by atoms with Gasteiger partial charge >= 0.3 is 0 Å². The van der Waals surface area contributed by atoms with Gasteiger partial charge in [-0.15, -0.1) is 0 Å². The van der Waals surface area contributed by atoms with Crippen molar-refractivity contribution in [1.29, 1.82) is 0 Å². The van der Waals surface area contributed by atoms with Gasteiger partial charge in [0.1, 0.15) is 6.10 Å². The van der Waals surface area contributed by atoms with Crippen LogP contribution in [-0.2, 0) is 11.2 Å². The molecule has 1 fully saturated rings. The summed E-state index contributed by atoms with van der Waals surface area (Å²) in [5.41, 5.74) is 3.26. The average Bonchev–Trinajstić information content (AvgIpc) is 3.35. The summed E-state index contributed by atoms with van der Waals surface area (Å²) in [6, 6.07) is 10.9. The first-order valence-electron chi connectivity index (χ1n) is 7.89. The van der Waals surface area contributed by atoms with Crippen molar-refractivity contribution in [1.82, 2.24) is 0 Å². The van der Waals surface area contributed by atoms with Crippen LogP contribution in [0, 0.1) is 11.6 Å². The highest BCUT2D eigenvalue weighted by molar-refractivity contribution is 5.69. The molecule has 3 rings (SSSR count). The number of halogens is 2. The SMILES string of the molecule is CCCCCc1ccc(-c2ccc(F)c(F)c2C2CO2)cc1. The number of unbranched alkanes of at least 4 members (excludes halogenated alkanes) is 2. The Hall–Kier alpha value is -1.74. The maximum Gasteiger partial charge on any atom is 0.165 e. The zero-order valence-electron chi connectivity index (χ0n) is 12.7. The zero-order chi connectivity index (χ0) is 15.5. The second-order valence-corrected chi connectivity index (χ2v) is 5.80. The maximum absolute atomic E-state index is 14.1. The fourth-order valence-electron chi connectivity index (χ4n) is 2.78. The van der Waals surface area contributed by atoms with Crippen LogP contribution in [0.2, 0.25) is 0 Å². The monoisotopic (exact) mass is 302 g/mol. The van der Waals surface area contributed by atoms with Crippen molar-refractivity contribution >= 4 is 0 Å². The van der Waals surface area contributed by atoms with Crippen molar-refractivity contribution in [3.63, 3.8) is 0 Å². The lowest BCUT2D eigenvalue weighted by Crippen LogP contribution is -1.97. The summed E-state index contributed by atoms with van der Waals surface area (Å²) in [6.45, 7) is 2.65. The number of hydrogen-bond donors (Lipinski definition) is 0. The van der Waals surface area contributed by atoms with Crippen LogP contribution >= 0.6 is 0 Å². The molecule has 1 heterocycles. The second kappa shape index (κ2) is 6.57. The number of benzene rings is 2. The van der Waals surface area contributed by atoms with E-state index in [0.29, 0.717) is 12.2 Å². The smallest absolute Gasteiger partial charge is 0.165 e. The molecule has 2 aromatic carbocycles. The molecule has 0 amide bonds. The van der Waals surface area contributed by atoms with Gasteiger partial charge in [-0.25, -0.2) is 8.78 Å². The quantitative estimate of drug-likeness (QED) is 0.511. The fourth-order valence-corrected chi connectivity index (χ4v) is 2.78. The van der Waals surface area contributed by atoms with Gasteiger partial charge in [0.15, 0.2) is 11.6 Å². The van der Waals surface area contributed by atoms with Crippen LogP contribution in [0.15, 0.2) is 36.4 Å². The molecule has 1 unspecified atom stereocenters. The third-order valence-electron chi connectivity index (χ3n) is 4.12. The zero-order valence-corrected chi connectivity index (χ0v) is 12.7. The van der Waals surface area contributed by atoms with Crippen molar-refractivity contribution in [3.8, 4) is 11.1 Å². The van der Waals surface area contributed by atoms with Gasteiger partial charge < -0.3 is 4.74 Å². The molecule has 0 N–H and O–H groups in total. The third kappa shape index (κ3) is 3.20. The van der Waals surface area contributed by atoms with Crippen molar-refractivity contribution in [2.45, 2.75) is 38.7 Å². The topological polar surface area (TPSA) is 12.5 Å². The molecule has 0 aliphatic carbocycles. The van der Waals surface area contributed by atoms with E-state index in [1.807, 2.05) is 12.1 Å². The summed E-state index contributed by atoms with van der Waals surface area (Å²) < 4.78 is 32.7. The lowest BCUT2D eigenvalue weighted by atomic mass is 9.95. The summed E-state index contributed by atoms with van der Waals surface area (Å²) in [5, 5.41) is 0. The van der Waals surface area contributed by atoms with Crippen LogP contribution in [0.5, 0.6) is 0 Å². The molecular formula is C19H20F2O. The number of aryl methyl sites for hydroxylation is 1. The van der Waals surface area contributed by atoms with Gasteiger partial charge in [-0.2, -0.15) is 0 Å². The minimum absolute atomic E-state index is 0.310. The minimum atomic E-state index is -0.814. The molecule has 22 heavy (non-hydrogen) atoms. The molecule has 0 radical (unpaired) electrons. The Bertz CT molecular complexity index is 645. The van der Waals surface area contributed by atoms with Gasteiger partial charge in [-0.05, 0) is 35.6 Å². The first-order valence-corrected chi connectivity index (χ1v) is 7.89. The van der Waals surface area contributed by atoms with E-state index >= 15 is 0 Å². The first-order chi connectivity index (χ1) is 10.7. The molecule has 1 aliphatic rings. The standard InChI is InChI=1S/C19H20F2O/c1-2-3-4-5-13-6-8-14(9-7-13)15-10-11-16(20)19(21)18(15)17-12-22-17/h6-11,17H,2-5,12H2,1H3. The van der Waals surface area contributed by atoms with Crippen LogP contribution < -0.4 is 0 Å². The van der Waals surface area contributed by atoms with Crippen molar-refractivity contribution < 1.29 is 13.5 Å². The normalized spacial score (nSPS) is 16.8. The Labute approximate surface area is 129 Å². The third-order valence-corrected chi connectivity index (χ3v) is 4.12. The van der Waals surface area contributed by atoms with Gasteiger partial charge in [0.05, 0.1) is 6.61 Å². The molecule has 1 atom stereocenters. The van der Waals surface area contributed by atoms with Crippen LogP contribution in [0.1, 0.15) is 43.4 Å². The Morgan fingerprint density at radius 3 is 2.41 bits per heavy atom. The van der Waals surface area contributed by atoms with E-state index in [2.05, 4.69) is 19.1 Å². The molecular weight excluding hydrogens is 282 g/mol. The molecule has 116 valence electrons. The summed E-state index contributed by atoms with van der Waals surface area (Å²) in [7, 11) is 0. The molecule has 0 bridgehead atoms. The Morgan fingerprint density at radius 1 is 1.05 bits per heavy atom. The predicted octanol–water partition coefficient (Wildman–Crippen LogP) is 5.44. The second-order valence-electron chi connectivity index (χ2n) is 5.80. The van der Waals surface area contributed by atoms with Crippen molar-refractivity contribution in [2.75, 3.05) is 6.61 Å². The Morgan fingerprint density at radius 2 is 1.77 bits per heavy atom. The van der Waals surface area contributed by atoms with E-state index in [4.69, 9.17) is 4.74 Å². The van der Waals surface area contributed by atoms with Gasteiger partial charge in [-0.3, -0.25) is 0 Å². The molecule has 0 aromatic heterocycles. The summed E-state index contributed by atoms with van der Waals surface area (Å²) in [4.78, 5) is 0. The van der Waals surface area contributed by atoms with Gasteiger partial charge in [0.25, 0.3) is 0 Å². The molecule has 1 aliphatic heterocycles. The fraction of sp³-hybridized carbons (Fsp3) is 0.368. The minimum Gasteiger partial charge on any atom is -0.368 e. The lowest BCUT2D eigenvalue weighted by molar-refractivity contribution is 0.402. The summed E-state index contributed by atoms with van der Waals surface area (Å²) in [5.74, 6) is -1.60. The van der Waals surface area contributed by atoms with E-state index in [-0.39, 0.29) is 6.10 Å². The Balaban J connectivity index is 1.86. The molecule has 0 spiro atoms. The van der Waals surface area contributed by atoms with E-state index in [0.717, 1.165) is 17.5 Å². The number of hydrogen-bond acceptors (Lipinski definition) is 1. The van der Waals surface area contributed by atoms with Gasteiger partial charge in [0, 0.05) is 5.56 Å². The highest BCUT2D eigenvalue weighted by Gasteiger charge is 2.32. The van der Waals surface area contributed by atoms with E-state index in [9.17, 15) is 8.78 Å². The van der Waals surface area contributed by atoms with Gasteiger partial charge in [-0.1, -0.05) is 50.1 Å². The summed E-state index contributed by atoms with van der Waals surface area (Å²) >= 11 is 0.